The van der Waals surface area contributed by atoms with Crippen LogP contribution in [0.25, 0.3) is 5.69 Å². The van der Waals surface area contributed by atoms with E-state index < -0.39 is 0 Å². The van der Waals surface area contributed by atoms with Crippen molar-refractivity contribution < 1.29 is 0 Å². The predicted molar refractivity (Wildman–Crippen MR) is 61.0 cm³/mol. The molecular formula is C10H8BrClN2. The van der Waals surface area contributed by atoms with Crippen LogP contribution in [-0.4, -0.2) is 9.78 Å². The number of halogens is 2. The van der Waals surface area contributed by atoms with Crippen molar-refractivity contribution in [3.05, 3.63) is 45.7 Å². The highest BCUT2D eigenvalue weighted by Crippen LogP contribution is 2.27. The van der Waals surface area contributed by atoms with Crippen molar-refractivity contribution in [1.82, 2.24) is 9.78 Å². The lowest BCUT2D eigenvalue weighted by atomic mass is 10.3. The Kier molecular flexibility index (Phi) is 2.61. The number of para-hydroxylation sites is 1. The summed E-state index contributed by atoms with van der Waals surface area (Å²) in [4.78, 5) is 0. The van der Waals surface area contributed by atoms with E-state index in [1.807, 2.05) is 37.3 Å². The Hall–Kier alpha value is -0.800. The van der Waals surface area contributed by atoms with Gasteiger partial charge in [0.25, 0.3) is 0 Å². The standard InChI is InChI=1S/C10H8BrClN2/c1-7-9(11)10(12)14(13-7)8-5-3-2-4-6-8/h2-6H,1H3. The Bertz CT molecular complexity index is 451. The Balaban J connectivity index is 2.58. The monoisotopic (exact) mass is 270 g/mol. The van der Waals surface area contributed by atoms with Crippen molar-refractivity contribution in [2.45, 2.75) is 6.92 Å². The van der Waals surface area contributed by atoms with Crippen LogP contribution in [0, 0.1) is 6.92 Å². The van der Waals surface area contributed by atoms with Crippen molar-refractivity contribution in [2.24, 2.45) is 0 Å². The molecular weight excluding hydrogens is 263 g/mol. The molecule has 0 aliphatic carbocycles. The van der Waals surface area contributed by atoms with Crippen molar-refractivity contribution in [3.63, 3.8) is 0 Å². The molecule has 0 amide bonds. The SMILES string of the molecule is Cc1nn(-c2ccccc2)c(Cl)c1Br. The average Bonchev–Trinajstić information content (AvgIpc) is 2.47. The Morgan fingerprint density at radius 3 is 2.43 bits per heavy atom. The highest BCUT2D eigenvalue weighted by molar-refractivity contribution is 9.10. The molecule has 0 radical (unpaired) electrons. The molecule has 1 aromatic heterocycles. The second-order valence-corrected chi connectivity index (χ2v) is 4.09. The highest BCUT2D eigenvalue weighted by atomic mass is 79.9. The molecule has 0 spiro atoms. The molecule has 72 valence electrons. The van der Waals surface area contributed by atoms with E-state index in [4.69, 9.17) is 11.6 Å². The van der Waals surface area contributed by atoms with Gasteiger partial charge in [0.1, 0.15) is 5.15 Å². The summed E-state index contributed by atoms with van der Waals surface area (Å²) >= 11 is 9.48. The quantitative estimate of drug-likeness (QED) is 0.775. The summed E-state index contributed by atoms with van der Waals surface area (Å²) in [6.45, 7) is 1.91. The summed E-state index contributed by atoms with van der Waals surface area (Å²) < 4.78 is 2.56. The zero-order valence-electron chi connectivity index (χ0n) is 7.54. The van der Waals surface area contributed by atoms with E-state index in [-0.39, 0.29) is 0 Å². The van der Waals surface area contributed by atoms with Gasteiger partial charge in [-0.15, -0.1) is 0 Å². The van der Waals surface area contributed by atoms with E-state index in [9.17, 15) is 0 Å². The number of rotatable bonds is 1. The van der Waals surface area contributed by atoms with Gasteiger partial charge < -0.3 is 0 Å². The smallest absolute Gasteiger partial charge is 0.147 e. The van der Waals surface area contributed by atoms with Gasteiger partial charge in [0, 0.05) is 0 Å². The molecule has 0 bridgehead atoms. The first kappa shape index (κ1) is 9.74. The minimum absolute atomic E-state index is 0.605. The van der Waals surface area contributed by atoms with Crippen LogP contribution in [0.2, 0.25) is 5.15 Å². The van der Waals surface area contributed by atoms with E-state index in [0.717, 1.165) is 15.9 Å². The van der Waals surface area contributed by atoms with E-state index in [1.165, 1.54) is 0 Å². The van der Waals surface area contributed by atoms with Crippen LogP contribution < -0.4 is 0 Å². The van der Waals surface area contributed by atoms with Crippen LogP contribution >= 0.6 is 27.5 Å². The second-order valence-electron chi connectivity index (χ2n) is 2.94. The molecule has 0 saturated carbocycles. The molecule has 2 rings (SSSR count). The van der Waals surface area contributed by atoms with Gasteiger partial charge in [-0.05, 0) is 35.0 Å². The summed E-state index contributed by atoms with van der Waals surface area (Å²) in [5.74, 6) is 0. The van der Waals surface area contributed by atoms with Gasteiger partial charge in [0.2, 0.25) is 0 Å². The van der Waals surface area contributed by atoms with Crippen LogP contribution in [0.3, 0.4) is 0 Å². The fraction of sp³-hybridized carbons (Fsp3) is 0.100. The predicted octanol–water partition coefficient (Wildman–Crippen LogP) is 3.60. The average molecular weight is 272 g/mol. The Labute approximate surface area is 95.6 Å². The Morgan fingerprint density at radius 2 is 1.93 bits per heavy atom. The molecule has 1 aromatic carbocycles. The van der Waals surface area contributed by atoms with Gasteiger partial charge in [0.05, 0.1) is 15.9 Å². The third-order valence-corrected chi connectivity index (χ3v) is 3.46. The first-order chi connectivity index (χ1) is 6.70. The van der Waals surface area contributed by atoms with Crippen molar-refractivity contribution in [2.75, 3.05) is 0 Å². The van der Waals surface area contributed by atoms with Crippen molar-refractivity contribution in [3.8, 4) is 5.69 Å². The maximum atomic E-state index is 6.10. The lowest BCUT2D eigenvalue weighted by Crippen LogP contribution is -1.95. The van der Waals surface area contributed by atoms with Crippen LogP contribution in [0.1, 0.15) is 5.69 Å². The summed E-state index contributed by atoms with van der Waals surface area (Å²) in [7, 11) is 0. The topological polar surface area (TPSA) is 17.8 Å². The van der Waals surface area contributed by atoms with E-state index in [1.54, 1.807) is 4.68 Å². The van der Waals surface area contributed by atoms with Crippen LogP contribution in [0.4, 0.5) is 0 Å². The zero-order valence-corrected chi connectivity index (χ0v) is 9.88. The molecule has 0 N–H and O–H groups in total. The van der Waals surface area contributed by atoms with Gasteiger partial charge in [-0.3, -0.25) is 0 Å². The third kappa shape index (κ3) is 1.57. The van der Waals surface area contributed by atoms with Gasteiger partial charge in [-0.2, -0.15) is 5.10 Å². The van der Waals surface area contributed by atoms with Crippen LogP contribution in [0.15, 0.2) is 34.8 Å². The number of hydrogen-bond donors (Lipinski definition) is 0. The lowest BCUT2D eigenvalue weighted by Gasteiger charge is -2.01. The molecule has 0 aliphatic rings. The van der Waals surface area contributed by atoms with E-state index >= 15 is 0 Å². The number of benzene rings is 1. The molecule has 0 unspecified atom stereocenters. The molecule has 0 atom stereocenters. The number of aromatic nitrogens is 2. The molecule has 4 heteroatoms. The molecule has 1 heterocycles. The molecule has 0 saturated heterocycles. The van der Waals surface area contributed by atoms with Crippen molar-refractivity contribution >= 4 is 27.5 Å². The zero-order chi connectivity index (χ0) is 10.1. The van der Waals surface area contributed by atoms with Gasteiger partial charge in [-0.1, -0.05) is 29.8 Å². The lowest BCUT2D eigenvalue weighted by molar-refractivity contribution is 0.863. The molecule has 14 heavy (non-hydrogen) atoms. The van der Waals surface area contributed by atoms with E-state index in [2.05, 4.69) is 21.0 Å². The largest absolute Gasteiger partial charge is 0.221 e. The molecule has 2 nitrogen and oxygen atoms in total. The van der Waals surface area contributed by atoms with Gasteiger partial charge >= 0.3 is 0 Å². The maximum Gasteiger partial charge on any atom is 0.147 e. The minimum Gasteiger partial charge on any atom is -0.221 e. The van der Waals surface area contributed by atoms with Crippen LogP contribution in [-0.2, 0) is 0 Å². The fourth-order valence-electron chi connectivity index (χ4n) is 1.22. The number of aryl methyl sites for hydroxylation is 1. The van der Waals surface area contributed by atoms with Gasteiger partial charge in [0.15, 0.2) is 0 Å². The van der Waals surface area contributed by atoms with Gasteiger partial charge in [-0.25, -0.2) is 4.68 Å². The van der Waals surface area contributed by atoms with E-state index in [0.29, 0.717) is 5.15 Å². The summed E-state index contributed by atoms with van der Waals surface area (Å²) in [5, 5.41) is 4.92. The highest BCUT2D eigenvalue weighted by Gasteiger charge is 2.11. The summed E-state index contributed by atoms with van der Waals surface area (Å²) in [6, 6.07) is 9.80. The maximum absolute atomic E-state index is 6.10. The Morgan fingerprint density at radius 1 is 1.29 bits per heavy atom. The van der Waals surface area contributed by atoms with Crippen molar-refractivity contribution in [1.29, 1.82) is 0 Å². The third-order valence-electron chi connectivity index (χ3n) is 1.94. The summed E-state index contributed by atoms with van der Waals surface area (Å²) in [6.07, 6.45) is 0. The fourth-order valence-corrected chi connectivity index (χ4v) is 1.74. The normalized spacial score (nSPS) is 10.5. The molecule has 2 aromatic rings. The number of hydrogen-bond acceptors (Lipinski definition) is 1. The van der Waals surface area contributed by atoms with Crippen LogP contribution in [0.5, 0.6) is 0 Å². The minimum atomic E-state index is 0.605. The first-order valence-electron chi connectivity index (χ1n) is 4.16. The first-order valence-corrected chi connectivity index (χ1v) is 5.33. The molecule has 0 fully saturated rings. The summed E-state index contributed by atoms with van der Waals surface area (Å²) in [5.41, 5.74) is 1.85. The molecule has 0 aliphatic heterocycles. The second kappa shape index (κ2) is 3.75. The number of nitrogens with zero attached hydrogens (tertiary/aromatic N) is 2.